The van der Waals surface area contributed by atoms with Gasteiger partial charge in [-0.1, -0.05) is 0 Å². The topological polar surface area (TPSA) is 80.6 Å². The van der Waals surface area contributed by atoms with Crippen molar-refractivity contribution < 1.29 is 17.9 Å². The number of carbonyl (C=O) groups is 1. The summed E-state index contributed by atoms with van der Waals surface area (Å²) in [5.74, 6) is -0.0165. The lowest BCUT2D eigenvalue weighted by atomic mass is 9.85. The van der Waals surface area contributed by atoms with E-state index in [1.54, 1.807) is 22.6 Å². The first-order chi connectivity index (χ1) is 10.8. The van der Waals surface area contributed by atoms with Crippen molar-refractivity contribution in [2.45, 2.75) is 24.8 Å². The van der Waals surface area contributed by atoms with Crippen LogP contribution in [0.25, 0.3) is 0 Å². The molecule has 1 fully saturated rings. The zero-order valence-electron chi connectivity index (χ0n) is 13.9. The summed E-state index contributed by atoms with van der Waals surface area (Å²) in [5.41, 5.74) is 0.111. The maximum Gasteiger partial charge on any atom is 0.270 e. The predicted molar refractivity (Wildman–Crippen MR) is 87.8 cm³/mol. The zero-order valence-corrected chi connectivity index (χ0v) is 14.7. The van der Waals surface area contributed by atoms with E-state index in [0.29, 0.717) is 44.7 Å². The fourth-order valence-corrected chi connectivity index (χ4v) is 4.17. The van der Waals surface area contributed by atoms with Crippen LogP contribution >= 0.6 is 0 Å². The van der Waals surface area contributed by atoms with Gasteiger partial charge in [0, 0.05) is 45.6 Å². The number of sulfonamides is 1. The van der Waals surface area contributed by atoms with Gasteiger partial charge in [0.05, 0.1) is 6.26 Å². The van der Waals surface area contributed by atoms with Crippen LogP contribution in [0.5, 0.6) is 0 Å². The summed E-state index contributed by atoms with van der Waals surface area (Å²) >= 11 is 0. The van der Waals surface area contributed by atoms with Crippen LogP contribution < -0.4 is 4.72 Å². The van der Waals surface area contributed by atoms with Crippen LogP contribution in [0.3, 0.4) is 0 Å². The zero-order chi connectivity index (χ0) is 17.1. The van der Waals surface area contributed by atoms with Gasteiger partial charge in [0.2, 0.25) is 10.0 Å². The van der Waals surface area contributed by atoms with Gasteiger partial charge < -0.3 is 14.2 Å². The highest BCUT2D eigenvalue weighted by molar-refractivity contribution is 7.88. The van der Waals surface area contributed by atoms with E-state index in [-0.39, 0.29) is 5.91 Å². The molecular formula is C15H25N3O4S. The number of likely N-dealkylation sites (tertiary alicyclic amines) is 1. The van der Waals surface area contributed by atoms with Gasteiger partial charge in [0.25, 0.3) is 5.91 Å². The Bertz CT molecular complexity index is 645. The average Bonchev–Trinajstić information content (AvgIpc) is 2.90. The molecular weight excluding hydrogens is 318 g/mol. The van der Waals surface area contributed by atoms with Crippen molar-refractivity contribution in [1.82, 2.24) is 14.2 Å². The lowest BCUT2D eigenvalue weighted by Crippen LogP contribution is -2.56. The SMILES string of the molecule is COCCC1(NS(C)(=O)=O)CCN(C(=O)c2cccn2C)CC1. The van der Waals surface area contributed by atoms with E-state index in [0.717, 1.165) is 0 Å². The molecule has 1 aromatic rings. The van der Waals surface area contributed by atoms with Crippen molar-refractivity contribution in [3.05, 3.63) is 24.0 Å². The Balaban J connectivity index is 2.06. The molecule has 0 aliphatic carbocycles. The quantitative estimate of drug-likeness (QED) is 0.819. The summed E-state index contributed by atoms with van der Waals surface area (Å²) in [4.78, 5) is 14.3. The summed E-state index contributed by atoms with van der Waals surface area (Å²) in [6.45, 7) is 1.53. The number of amides is 1. The summed E-state index contributed by atoms with van der Waals surface area (Å²) in [7, 11) is 0.125. The van der Waals surface area contributed by atoms with E-state index in [9.17, 15) is 13.2 Å². The molecule has 0 saturated carbocycles. The summed E-state index contributed by atoms with van der Waals surface area (Å²) in [6, 6.07) is 3.63. The van der Waals surface area contributed by atoms with E-state index in [4.69, 9.17) is 4.74 Å². The molecule has 0 unspecified atom stereocenters. The highest BCUT2D eigenvalue weighted by atomic mass is 32.2. The number of nitrogens with one attached hydrogen (secondary N) is 1. The molecule has 0 aromatic carbocycles. The second kappa shape index (κ2) is 7.02. The third kappa shape index (κ3) is 4.55. The minimum atomic E-state index is -3.31. The van der Waals surface area contributed by atoms with Crippen LogP contribution in [0.1, 0.15) is 29.8 Å². The van der Waals surface area contributed by atoms with Crippen molar-refractivity contribution in [3.8, 4) is 0 Å². The molecule has 23 heavy (non-hydrogen) atoms. The first kappa shape index (κ1) is 18.0. The van der Waals surface area contributed by atoms with E-state index in [2.05, 4.69) is 4.72 Å². The number of carbonyl (C=O) groups excluding carboxylic acids is 1. The summed E-state index contributed by atoms with van der Waals surface area (Å²) in [6.07, 6.45) is 4.77. The fourth-order valence-electron chi connectivity index (χ4n) is 3.08. The number of aryl methyl sites for hydroxylation is 1. The molecule has 0 radical (unpaired) electrons. The Morgan fingerprint density at radius 1 is 1.39 bits per heavy atom. The van der Waals surface area contributed by atoms with Crippen LogP contribution in [-0.2, 0) is 21.8 Å². The van der Waals surface area contributed by atoms with E-state index < -0.39 is 15.6 Å². The van der Waals surface area contributed by atoms with Crippen LogP contribution in [0, 0.1) is 0 Å². The Kier molecular flexibility index (Phi) is 5.49. The first-order valence-electron chi connectivity index (χ1n) is 7.65. The molecule has 0 atom stereocenters. The number of hydrogen-bond donors (Lipinski definition) is 1. The molecule has 1 N–H and O–H groups in total. The number of ether oxygens (including phenoxy) is 1. The molecule has 1 aliphatic heterocycles. The van der Waals surface area contributed by atoms with Gasteiger partial charge in [0.1, 0.15) is 5.69 Å². The highest BCUT2D eigenvalue weighted by Crippen LogP contribution is 2.27. The van der Waals surface area contributed by atoms with Crippen molar-refractivity contribution >= 4 is 15.9 Å². The van der Waals surface area contributed by atoms with Gasteiger partial charge in [0.15, 0.2) is 0 Å². The van der Waals surface area contributed by atoms with Crippen LogP contribution in [0.2, 0.25) is 0 Å². The van der Waals surface area contributed by atoms with E-state index in [1.807, 2.05) is 19.3 Å². The van der Waals surface area contributed by atoms with Gasteiger partial charge >= 0.3 is 0 Å². The molecule has 0 bridgehead atoms. The summed E-state index contributed by atoms with van der Waals surface area (Å²) in [5, 5.41) is 0. The van der Waals surface area contributed by atoms with E-state index >= 15 is 0 Å². The maximum atomic E-state index is 12.5. The monoisotopic (exact) mass is 343 g/mol. The lowest BCUT2D eigenvalue weighted by Gasteiger charge is -2.41. The number of methoxy groups -OCH3 is 1. The molecule has 8 heteroatoms. The molecule has 1 aromatic heterocycles. The van der Waals surface area contributed by atoms with Crippen molar-refractivity contribution in [1.29, 1.82) is 0 Å². The average molecular weight is 343 g/mol. The number of nitrogens with zero attached hydrogens (tertiary/aromatic N) is 2. The van der Waals surface area contributed by atoms with Gasteiger partial charge in [-0.2, -0.15) is 0 Å². The number of hydrogen-bond acceptors (Lipinski definition) is 4. The largest absolute Gasteiger partial charge is 0.385 e. The minimum Gasteiger partial charge on any atom is -0.385 e. The standard InChI is InChI=1S/C15H25N3O4S/c1-17-9-4-5-13(17)14(19)18-10-6-15(7-11-18,8-12-22-2)16-23(3,20)21/h4-5,9,16H,6-8,10-12H2,1-3H3. The second-order valence-electron chi connectivity index (χ2n) is 6.19. The third-order valence-corrected chi connectivity index (χ3v) is 5.16. The smallest absolute Gasteiger partial charge is 0.270 e. The molecule has 7 nitrogen and oxygen atoms in total. The first-order valence-corrected chi connectivity index (χ1v) is 9.54. The van der Waals surface area contributed by atoms with Gasteiger partial charge in [-0.3, -0.25) is 4.79 Å². The predicted octanol–water partition coefficient (Wildman–Crippen LogP) is 0.586. The van der Waals surface area contributed by atoms with Gasteiger partial charge in [-0.05, 0) is 31.4 Å². The Labute approximate surface area is 137 Å². The molecule has 1 aliphatic rings. The molecule has 0 spiro atoms. The number of rotatable bonds is 6. The van der Waals surface area contributed by atoms with Gasteiger partial charge in [-0.25, -0.2) is 13.1 Å². The Morgan fingerprint density at radius 3 is 2.52 bits per heavy atom. The maximum absolute atomic E-state index is 12.5. The van der Waals surface area contributed by atoms with Gasteiger partial charge in [-0.15, -0.1) is 0 Å². The highest BCUT2D eigenvalue weighted by Gasteiger charge is 2.38. The fraction of sp³-hybridized carbons (Fsp3) is 0.667. The second-order valence-corrected chi connectivity index (χ2v) is 7.94. The Morgan fingerprint density at radius 2 is 2.04 bits per heavy atom. The van der Waals surface area contributed by atoms with Crippen molar-refractivity contribution in [2.75, 3.05) is 33.1 Å². The molecule has 2 heterocycles. The molecule has 2 rings (SSSR count). The van der Waals surface area contributed by atoms with Crippen LogP contribution in [-0.4, -0.2) is 62.4 Å². The number of aromatic nitrogens is 1. The molecule has 1 saturated heterocycles. The molecule has 130 valence electrons. The molecule has 1 amide bonds. The van der Waals surface area contributed by atoms with Crippen LogP contribution in [0.15, 0.2) is 18.3 Å². The minimum absolute atomic E-state index is 0.0165. The van der Waals surface area contributed by atoms with Crippen molar-refractivity contribution in [2.24, 2.45) is 7.05 Å². The third-order valence-electron chi connectivity index (χ3n) is 4.36. The normalized spacial score (nSPS) is 18.1. The van der Waals surface area contributed by atoms with Crippen LogP contribution in [0.4, 0.5) is 0 Å². The van der Waals surface area contributed by atoms with Crippen molar-refractivity contribution in [3.63, 3.8) is 0 Å². The number of piperidine rings is 1. The lowest BCUT2D eigenvalue weighted by molar-refractivity contribution is 0.0612. The van der Waals surface area contributed by atoms with E-state index in [1.165, 1.54) is 6.26 Å². The summed E-state index contributed by atoms with van der Waals surface area (Å²) < 4.78 is 33.0. The Hall–Kier alpha value is -1.38.